The Morgan fingerprint density at radius 3 is 2.54 bits per heavy atom. The van der Waals surface area contributed by atoms with Gasteiger partial charge in [0.15, 0.2) is 0 Å². The van der Waals surface area contributed by atoms with Crippen molar-refractivity contribution >= 4 is 45.4 Å². The zero-order chi connectivity index (χ0) is 31.8. The number of carbonyl (C=O) groups is 1. The lowest BCUT2D eigenvalue weighted by molar-refractivity contribution is -0.116. The number of nitrogen functional groups attached to an aromatic ring is 1. The van der Waals surface area contributed by atoms with Gasteiger partial charge in [-0.25, -0.2) is 18.2 Å². The number of halogens is 3. The fourth-order valence-electron chi connectivity index (χ4n) is 5.85. The minimum Gasteiger partial charge on any atom is -0.459 e. The number of hydrogen-bond acceptors (Lipinski definition) is 5. The number of nitrogens with zero attached hydrogens (tertiary/aromatic N) is 2. The van der Waals surface area contributed by atoms with E-state index < -0.39 is 5.92 Å². The quantitative estimate of drug-likeness (QED) is 0.157. The Bertz CT molecular complexity index is 2070. The van der Waals surface area contributed by atoms with Crippen molar-refractivity contribution in [3.63, 3.8) is 0 Å². The number of H-pyrrole nitrogens is 1. The first-order valence-corrected chi connectivity index (χ1v) is 14.9. The monoisotopic (exact) mass is 621 g/mol. The molecule has 0 atom stereocenters. The molecular weight excluding hydrogens is 591 g/mol. The Morgan fingerprint density at radius 2 is 1.78 bits per heavy atom. The number of alkyl halides is 2. The molecule has 0 radical (unpaired) electrons. The summed E-state index contributed by atoms with van der Waals surface area (Å²) in [5.74, 6) is -2.29. The molecule has 4 N–H and O–H groups in total. The molecule has 3 aromatic carbocycles. The Morgan fingerprint density at radius 1 is 1.00 bits per heavy atom. The van der Waals surface area contributed by atoms with Crippen LogP contribution in [-0.4, -0.2) is 34.9 Å². The van der Waals surface area contributed by atoms with Gasteiger partial charge >= 0.3 is 0 Å². The largest absolute Gasteiger partial charge is 0.459 e. The van der Waals surface area contributed by atoms with Crippen molar-refractivity contribution in [3.05, 3.63) is 108 Å². The van der Waals surface area contributed by atoms with Crippen molar-refractivity contribution in [2.24, 2.45) is 0 Å². The van der Waals surface area contributed by atoms with E-state index in [0.29, 0.717) is 30.3 Å². The molecule has 1 amide bonds. The third kappa shape index (κ3) is 6.06. The van der Waals surface area contributed by atoms with Crippen LogP contribution in [0.5, 0.6) is 0 Å². The Balaban J connectivity index is 1.18. The Hall–Kier alpha value is -5.51. The molecular formula is C36H30F3N5O2. The van der Waals surface area contributed by atoms with Gasteiger partial charge in [-0.2, -0.15) is 0 Å². The molecule has 0 unspecified atom stereocenters. The number of anilines is 2. The lowest BCUT2D eigenvalue weighted by atomic mass is 9.96. The third-order valence-electron chi connectivity index (χ3n) is 8.32. The molecule has 0 aliphatic carbocycles. The maximum absolute atomic E-state index is 13.8. The molecule has 1 aliphatic heterocycles. The second-order valence-electron chi connectivity index (χ2n) is 11.5. The maximum Gasteiger partial charge on any atom is 0.251 e. The summed E-state index contributed by atoms with van der Waals surface area (Å²) < 4.78 is 47.6. The molecule has 1 aliphatic rings. The lowest BCUT2D eigenvalue weighted by Gasteiger charge is -2.32. The van der Waals surface area contributed by atoms with Crippen LogP contribution in [-0.2, 0) is 11.3 Å². The summed E-state index contributed by atoms with van der Waals surface area (Å²) in [6.45, 7) is 0.772. The molecule has 7 nitrogen and oxygen atoms in total. The van der Waals surface area contributed by atoms with E-state index in [0.717, 1.165) is 49.8 Å². The number of amides is 1. The average Bonchev–Trinajstić information content (AvgIpc) is 3.67. The summed E-state index contributed by atoms with van der Waals surface area (Å²) in [5.41, 5.74) is 12.2. The predicted octanol–water partition coefficient (Wildman–Crippen LogP) is 7.93. The molecule has 46 heavy (non-hydrogen) atoms. The standard InChI is InChI=1S/C36H30F3N5O2/c37-27-6-3-23(4-7-27)30-17-25(24-5-8-29-31(18-24)41-21-32(29)44-13-11-36(38,39)12-14-44)15-26-16-28(46-35(26)30)20-43-34(45)10-2-22-1-9-33(40)42-19-22/h1-10,15-19,21,41H,11-14,20H2,(H2,40,42)(H,43,45)/b10-2+. The number of aromatic amines is 1. The average molecular weight is 622 g/mol. The van der Waals surface area contributed by atoms with Gasteiger partial charge in [0.2, 0.25) is 5.91 Å². The number of piperidine rings is 1. The van der Waals surface area contributed by atoms with Gasteiger partial charge < -0.3 is 25.4 Å². The number of aromatic nitrogens is 2. The second-order valence-corrected chi connectivity index (χ2v) is 11.5. The number of carbonyl (C=O) groups excluding carboxylic acids is 1. The molecule has 0 saturated carbocycles. The van der Waals surface area contributed by atoms with E-state index in [9.17, 15) is 18.0 Å². The van der Waals surface area contributed by atoms with Crippen molar-refractivity contribution in [1.82, 2.24) is 15.3 Å². The number of hydrogen-bond donors (Lipinski definition) is 3. The highest BCUT2D eigenvalue weighted by molar-refractivity contribution is 6.00. The van der Waals surface area contributed by atoms with E-state index in [1.807, 2.05) is 47.5 Å². The second kappa shape index (κ2) is 11.8. The number of furan rings is 1. The Kier molecular flexibility index (Phi) is 7.48. The van der Waals surface area contributed by atoms with E-state index in [4.69, 9.17) is 10.2 Å². The smallest absolute Gasteiger partial charge is 0.251 e. The fourth-order valence-corrected chi connectivity index (χ4v) is 5.85. The number of benzene rings is 3. The number of fused-ring (bicyclic) bond motifs is 2. The molecule has 6 aromatic rings. The molecule has 1 fully saturated rings. The summed E-state index contributed by atoms with van der Waals surface area (Å²) in [7, 11) is 0. The number of pyridine rings is 1. The van der Waals surface area contributed by atoms with E-state index >= 15 is 0 Å². The van der Waals surface area contributed by atoms with Gasteiger partial charge in [-0.05, 0) is 76.9 Å². The number of rotatable bonds is 7. The van der Waals surface area contributed by atoms with E-state index in [2.05, 4.69) is 15.3 Å². The van der Waals surface area contributed by atoms with Gasteiger partial charge in [-0.3, -0.25) is 4.79 Å². The zero-order valence-corrected chi connectivity index (χ0v) is 24.7. The first-order valence-electron chi connectivity index (χ1n) is 14.9. The van der Waals surface area contributed by atoms with Crippen LogP contribution in [0.15, 0.2) is 95.7 Å². The van der Waals surface area contributed by atoms with Gasteiger partial charge in [0, 0.05) is 66.3 Å². The van der Waals surface area contributed by atoms with Crippen LogP contribution in [0.3, 0.4) is 0 Å². The highest BCUT2D eigenvalue weighted by atomic mass is 19.3. The SMILES string of the molecule is Nc1ccc(/C=C/C(=O)NCc2cc3cc(-c4ccc5c(N6CCC(F)(F)CC6)c[nH]c5c4)cc(-c4ccc(F)cc4)c3o2)cn1. The van der Waals surface area contributed by atoms with Crippen LogP contribution in [0.2, 0.25) is 0 Å². The topological polar surface area (TPSA) is 100 Å². The summed E-state index contributed by atoms with van der Waals surface area (Å²) in [4.78, 5) is 21.8. The van der Waals surface area contributed by atoms with Gasteiger partial charge in [0.1, 0.15) is 23.0 Å². The molecule has 7 rings (SSSR count). The van der Waals surface area contributed by atoms with Crippen LogP contribution < -0.4 is 16.0 Å². The molecule has 232 valence electrons. The molecule has 1 saturated heterocycles. The van der Waals surface area contributed by atoms with Gasteiger partial charge in [0.25, 0.3) is 5.92 Å². The molecule has 3 aromatic heterocycles. The van der Waals surface area contributed by atoms with Crippen LogP contribution >= 0.6 is 0 Å². The summed E-state index contributed by atoms with van der Waals surface area (Å²) in [6.07, 6.45) is 6.22. The van der Waals surface area contributed by atoms with Crippen LogP contribution in [0.1, 0.15) is 24.2 Å². The van der Waals surface area contributed by atoms with Crippen molar-refractivity contribution in [2.45, 2.75) is 25.3 Å². The van der Waals surface area contributed by atoms with Crippen LogP contribution in [0.25, 0.3) is 50.2 Å². The summed E-state index contributed by atoms with van der Waals surface area (Å²) in [5, 5.41) is 4.64. The highest BCUT2D eigenvalue weighted by Crippen LogP contribution is 2.39. The number of nitrogens with two attached hydrogens (primary N) is 1. The van der Waals surface area contributed by atoms with Crippen molar-refractivity contribution in [1.29, 1.82) is 0 Å². The molecule has 10 heteroatoms. The minimum absolute atomic E-state index is 0.154. The molecule has 0 bridgehead atoms. The first-order chi connectivity index (χ1) is 22.2. The van der Waals surface area contributed by atoms with E-state index in [1.54, 1.807) is 36.5 Å². The molecule has 0 spiro atoms. The van der Waals surface area contributed by atoms with Crippen molar-refractivity contribution < 1.29 is 22.4 Å². The fraction of sp³-hybridized carbons (Fsp3) is 0.167. The van der Waals surface area contributed by atoms with Crippen LogP contribution in [0, 0.1) is 5.82 Å². The third-order valence-corrected chi connectivity index (χ3v) is 8.32. The first kappa shape index (κ1) is 29.2. The minimum atomic E-state index is -2.61. The normalized spacial score (nSPS) is 14.8. The Labute approximate surface area is 262 Å². The van der Waals surface area contributed by atoms with E-state index in [1.165, 1.54) is 18.2 Å². The van der Waals surface area contributed by atoms with Gasteiger partial charge in [-0.15, -0.1) is 0 Å². The van der Waals surface area contributed by atoms with Crippen molar-refractivity contribution in [2.75, 3.05) is 23.7 Å². The lowest BCUT2D eigenvalue weighted by Crippen LogP contribution is -2.39. The zero-order valence-electron chi connectivity index (χ0n) is 24.7. The summed E-state index contributed by atoms with van der Waals surface area (Å²) >= 11 is 0. The van der Waals surface area contributed by atoms with Crippen molar-refractivity contribution in [3.8, 4) is 22.3 Å². The number of nitrogens with one attached hydrogen (secondary N) is 2. The van der Waals surface area contributed by atoms with Gasteiger partial charge in [0.05, 0.1) is 12.2 Å². The van der Waals surface area contributed by atoms with E-state index in [-0.39, 0.29) is 31.1 Å². The maximum atomic E-state index is 13.8. The predicted molar refractivity (Wildman–Crippen MR) is 175 cm³/mol. The summed E-state index contributed by atoms with van der Waals surface area (Å²) in [6, 6.07) is 21.6. The van der Waals surface area contributed by atoms with Gasteiger partial charge in [-0.1, -0.05) is 24.3 Å². The molecule has 4 heterocycles. The highest BCUT2D eigenvalue weighted by Gasteiger charge is 2.34. The van der Waals surface area contributed by atoms with Crippen LogP contribution in [0.4, 0.5) is 24.7 Å².